The smallest absolute Gasteiger partial charge is 0.137 e. The topological polar surface area (TPSA) is 43.1 Å². The molecular formula is C20H28NO3+. The summed E-state index contributed by atoms with van der Waals surface area (Å²) in [5.41, 5.74) is 2.42. The van der Waals surface area contributed by atoms with Gasteiger partial charge >= 0.3 is 0 Å². The van der Waals surface area contributed by atoms with E-state index in [0.29, 0.717) is 19.8 Å². The number of nitrogens with one attached hydrogen (secondary N) is 1. The van der Waals surface area contributed by atoms with E-state index < -0.39 is 6.10 Å². The van der Waals surface area contributed by atoms with Gasteiger partial charge in [0.15, 0.2) is 0 Å². The van der Waals surface area contributed by atoms with Gasteiger partial charge in [-0.05, 0) is 50.2 Å². The number of aliphatic hydroxyl groups excluding tert-OH is 1. The highest BCUT2D eigenvalue weighted by atomic mass is 16.5. The third-order valence-corrected chi connectivity index (χ3v) is 3.79. The summed E-state index contributed by atoms with van der Waals surface area (Å²) in [4.78, 5) is 1.24. The Labute approximate surface area is 144 Å². The summed E-state index contributed by atoms with van der Waals surface area (Å²) in [5.74, 6) is 1.69. The normalized spacial score (nSPS) is 13.3. The molecule has 24 heavy (non-hydrogen) atoms. The molecule has 2 rings (SSSR count). The molecule has 0 spiro atoms. The molecular weight excluding hydrogens is 302 g/mol. The van der Waals surface area contributed by atoms with Crippen LogP contribution >= 0.6 is 0 Å². The molecule has 0 fully saturated rings. The van der Waals surface area contributed by atoms with E-state index in [1.54, 1.807) is 0 Å². The molecule has 2 atom stereocenters. The fourth-order valence-electron chi connectivity index (χ4n) is 2.58. The Balaban J connectivity index is 1.74. The lowest BCUT2D eigenvalue weighted by Gasteiger charge is -2.18. The van der Waals surface area contributed by atoms with Crippen LogP contribution in [0, 0.1) is 6.92 Å². The molecule has 0 aliphatic rings. The van der Waals surface area contributed by atoms with Crippen LogP contribution in [0.5, 0.6) is 11.5 Å². The fourth-order valence-corrected chi connectivity index (χ4v) is 2.58. The van der Waals surface area contributed by atoms with Crippen LogP contribution in [0.25, 0.3) is 0 Å². The van der Waals surface area contributed by atoms with E-state index >= 15 is 0 Å². The van der Waals surface area contributed by atoms with Crippen molar-refractivity contribution in [2.45, 2.75) is 26.5 Å². The lowest BCUT2D eigenvalue weighted by atomic mass is 10.2. The molecule has 0 heterocycles. The molecule has 2 aromatic rings. The van der Waals surface area contributed by atoms with Crippen LogP contribution in [0.15, 0.2) is 48.5 Å². The number of rotatable bonds is 9. The average molecular weight is 330 g/mol. The zero-order valence-electron chi connectivity index (χ0n) is 14.8. The minimum atomic E-state index is -0.492. The maximum atomic E-state index is 10.2. The van der Waals surface area contributed by atoms with Crippen molar-refractivity contribution in [1.82, 2.24) is 0 Å². The lowest BCUT2D eigenvalue weighted by molar-refractivity contribution is -0.897. The van der Waals surface area contributed by atoms with Gasteiger partial charge < -0.3 is 19.5 Å². The van der Waals surface area contributed by atoms with Crippen LogP contribution in [0.3, 0.4) is 0 Å². The lowest BCUT2D eigenvalue weighted by Crippen LogP contribution is -3.09. The Hall–Kier alpha value is -2.04. The van der Waals surface area contributed by atoms with Crippen molar-refractivity contribution in [3.05, 3.63) is 59.7 Å². The van der Waals surface area contributed by atoms with Crippen molar-refractivity contribution in [2.75, 3.05) is 26.8 Å². The Morgan fingerprint density at radius 1 is 0.958 bits per heavy atom. The first-order valence-electron chi connectivity index (χ1n) is 8.47. The molecule has 0 saturated carbocycles. The molecule has 0 aliphatic heterocycles. The molecule has 130 valence electrons. The SMILES string of the molecule is CCOc1ccc(C[NH+](C)C[C@H](O)COc2ccc(C)cc2)cc1. The van der Waals surface area contributed by atoms with Gasteiger partial charge in [-0.25, -0.2) is 0 Å². The van der Waals surface area contributed by atoms with Gasteiger partial charge in [-0.3, -0.25) is 0 Å². The Kier molecular flexibility index (Phi) is 7.09. The number of ether oxygens (including phenoxy) is 2. The zero-order valence-corrected chi connectivity index (χ0v) is 14.8. The monoisotopic (exact) mass is 330 g/mol. The van der Waals surface area contributed by atoms with E-state index in [4.69, 9.17) is 9.47 Å². The summed E-state index contributed by atoms with van der Waals surface area (Å²) < 4.78 is 11.1. The van der Waals surface area contributed by atoms with Gasteiger partial charge in [-0.2, -0.15) is 0 Å². The first-order valence-corrected chi connectivity index (χ1v) is 8.47. The first kappa shape index (κ1) is 18.3. The molecule has 4 nitrogen and oxygen atoms in total. The van der Waals surface area contributed by atoms with Crippen molar-refractivity contribution in [2.24, 2.45) is 0 Å². The third kappa shape index (κ3) is 6.22. The second kappa shape index (κ2) is 9.30. The van der Waals surface area contributed by atoms with Crippen LogP contribution in [-0.4, -0.2) is 38.0 Å². The first-order chi connectivity index (χ1) is 11.6. The van der Waals surface area contributed by atoms with E-state index in [1.165, 1.54) is 16.0 Å². The Bertz CT molecular complexity index is 595. The highest BCUT2D eigenvalue weighted by Gasteiger charge is 2.13. The van der Waals surface area contributed by atoms with Crippen molar-refractivity contribution in [1.29, 1.82) is 0 Å². The molecule has 0 radical (unpaired) electrons. The molecule has 2 aromatic carbocycles. The highest BCUT2D eigenvalue weighted by Crippen LogP contribution is 2.12. The average Bonchev–Trinajstić information content (AvgIpc) is 2.56. The highest BCUT2D eigenvalue weighted by molar-refractivity contribution is 5.27. The quantitative estimate of drug-likeness (QED) is 0.737. The second-order valence-electron chi connectivity index (χ2n) is 6.19. The van der Waals surface area contributed by atoms with Gasteiger partial charge in [-0.1, -0.05) is 17.7 Å². The number of hydrogen-bond acceptors (Lipinski definition) is 3. The van der Waals surface area contributed by atoms with Crippen LogP contribution in [0.1, 0.15) is 18.1 Å². The number of aryl methyl sites for hydroxylation is 1. The van der Waals surface area contributed by atoms with Crippen molar-refractivity contribution in [3.8, 4) is 11.5 Å². The van der Waals surface area contributed by atoms with Crippen LogP contribution in [0.4, 0.5) is 0 Å². The molecule has 0 aliphatic carbocycles. The molecule has 1 unspecified atom stereocenters. The van der Waals surface area contributed by atoms with E-state index in [1.807, 2.05) is 50.2 Å². The summed E-state index contributed by atoms with van der Waals surface area (Å²) in [7, 11) is 2.07. The maximum absolute atomic E-state index is 10.2. The summed E-state index contributed by atoms with van der Waals surface area (Å²) in [6.07, 6.45) is -0.492. The molecule has 0 aromatic heterocycles. The molecule has 0 bridgehead atoms. The van der Waals surface area contributed by atoms with Crippen molar-refractivity contribution >= 4 is 0 Å². The Morgan fingerprint density at radius 2 is 1.54 bits per heavy atom. The number of hydrogen-bond donors (Lipinski definition) is 2. The summed E-state index contributed by atoms with van der Waals surface area (Å²) >= 11 is 0. The van der Waals surface area contributed by atoms with Gasteiger partial charge in [0.1, 0.15) is 37.3 Å². The summed E-state index contributed by atoms with van der Waals surface area (Å²) in [5, 5.41) is 10.2. The van der Waals surface area contributed by atoms with E-state index in [9.17, 15) is 5.11 Å². The van der Waals surface area contributed by atoms with E-state index in [0.717, 1.165) is 18.0 Å². The summed E-state index contributed by atoms with van der Waals surface area (Å²) in [6.45, 7) is 6.50. The van der Waals surface area contributed by atoms with Crippen LogP contribution < -0.4 is 14.4 Å². The number of likely N-dealkylation sites (N-methyl/N-ethyl adjacent to an activating group) is 1. The number of aliphatic hydroxyl groups is 1. The van der Waals surface area contributed by atoms with E-state index in [2.05, 4.69) is 19.2 Å². The second-order valence-corrected chi connectivity index (χ2v) is 6.19. The predicted molar refractivity (Wildman–Crippen MR) is 95.7 cm³/mol. The largest absolute Gasteiger partial charge is 0.494 e. The maximum Gasteiger partial charge on any atom is 0.137 e. The summed E-state index contributed by atoms with van der Waals surface area (Å²) in [6, 6.07) is 16.0. The number of benzene rings is 2. The van der Waals surface area contributed by atoms with Gasteiger partial charge in [0.05, 0.1) is 13.7 Å². The zero-order chi connectivity index (χ0) is 17.4. The fraction of sp³-hybridized carbons (Fsp3) is 0.400. The van der Waals surface area contributed by atoms with Crippen molar-refractivity contribution < 1.29 is 19.5 Å². The molecule has 2 N–H and O–H groups in total. The molecule has 0 saturated heterocycles. The number of quaternary nitrogens is 1. The third-order valence-electron chi connectivity index (χ3n) is 3.79. The van der Waals surface area contributed by atoms with Crippen molar-refractivity contribution in [3.63, 3.8) is 0 Å². The minimum absolute atomic E-state index is 0.309. The van der Waals surface area contributed by atoms with Gasteiger partial charge in [0.25, 0.3) is 0 Å². The minimum Gasteiger partial charge on any atom is -0.494 e. The van der Waals surface area contributed by atoms with Gasteiger partial charge in [-0.15, -0.1) is 0 Å². The van der Waals surface area contributed by atoms with E-state index in [-0.39, 0.29) is 0 Å². The Morgan fingerprint density at radius 3 is 2.17 bits per heavy atom. The molecule has 4 heteroatoms. The predicted octanol–water partition coefficient (Wildman–Crippen LogP) is 1.85. The molecule has 0 amide bonds. The van der Waals surface area contributed by atoms with Crippen LogP contribution in [0.2, 0.25) is 0 Å². The standard InChI is InChI=1S/C20H27NO3/c1-4-23-19-11-7-17(8-12-19)13-21(3)14-18(22)15-24-20-9-5-16(2)6-10-20/h5-12,18,22H,4,13-15H2,1-3H3/p+1/t18-/m0/s1. The van der Waals surface area contributed by atoms with Gasteiger partial charge in [0.2, 0.25) is 0 Å². The van der Waals surface area contributed by atoms with Gasteiger partial charge in [0, 0.05) is 5.56 Å². The van der Waals surface area contributed by atoms with Crippen LogP contribution in [-0.2, 0) is 6.54 Å².